The molecule has 9 heteroatoms. The number of aromatic nitrogens is 5. The van der Waals surface area contributed by atoms with Crippen LogP contribution < -0.4 is 4.74 Å². The molecule has 0 unspecified atom stereocenters. The van der Waals surface area contributed by atoms with Crippen LogP contribution in [0, 0.1) is 11.6 Å². The fourth-order valence-corrected chi connectivity index (χ4v) is 1.66. The third-order valence-electron chi connectivity index (χ3n) is 2.41. The first-order valence-corrected chi connectivity index (χ1v) is 6.02. The molecule has 0 amide bonds. The van der Waals surface area contributed by atoms with E-state index in [0.29, 0.717) is 0 Å². The Hall–Kier alpha value is -2.61. The van der Waals surface area contributed by atoms with Crippen LogP contribution in [0.2, 0.25) is 5.28 Å². The molecule has 106 valence electrons. The van der Waals surface area contributed by atoms with E-state index in [9.17, 15) is 8.78 Å². The fraction of sp³-hybridized carbons (Fsp3) is 0. The molecule has 0 atom stereocenters. The largest absolute Gasteiger partial charge is 0.421 e. The molecule has 0 spiro atoms. The van der Waals surface area contributed by atoms with Gasteiger partial charge in [-0.25, -0.2) is 13.8 Å². The van der Waals surface area contributed by atoms with Crippen molar-refractivity contribution in [2.45, 2.75) is 0 Å². The number of imidazole rings is 1. The van der Waals surface area contributed by atoms with Crippen LogP contribution >= 0.6 is 11.6 Å². The van der Waals surface area contributed by atoms with Crippen molar-refractivity contribution in [2.24, 2.45) is 0 Å². The second kappa shape index (κ2) is 5.41. The third-order valence-corrected chi connectivity index (χ3v) is 2.57. The highest BCUT2D eigenvalue weighted by molar-refractivity contribution is 6.28. The summed E-state index contributed by atoms with van der Waals surface area (Å²) in [6.45, 7) is 0. The summed E-state index contributed by atoms with van der Waals surface area (Å²) in [5.74, 6) is -1.62. The van der Waals surface area contributed by atoms with E-state index in [2.05, 4.69) is 19.9 Å². The molecule has 0 aliphatic rings. The minimum Gasteiger partial charge on any atom is -0.421 e. The van der Waals surface area contributed by atoms with E-state index in [1.807, 2.05) is 0 Å². The predicted octanol–water partition coefficient (Wildman–Crippen LogP) is 2.78. The van der Waals surface area contributed by atoms with Crippen LogP contribution in [0.5, 0.6) is 11.8 Å². The van der Waals surface area contributed by atoms with Crippen molar-refractivity contribution >= 4 is 11.6 Å². The van der Waals surface area contributed by atoms with Gasteiger partial charge < -0.3 is 4.74 Å². The first-order chi connectivity index (χ1) is 10.1. The molecule has 1 aromatic carbocycles. The second-order valence-corrected chi connectivity index (χ2v) is 4.17. The van der Waals surface area contributed by atoms with Crippen molar-refractivity contribution in [1.29, 1.82) is 0 Å². The van der Waals surface area contributed by atoms with Gasteiger partial charge in [-0.05, 0) is 23.7 Å². The molecule has 0 radical (unpaired) electrons. The smallest absolute Gasteiger partial charge is 0.328 e. The Morgan fingerprint density at radius 1 is 1.14 bits per heavy atom. The van der Waals surface area contributed by atoms with Gasteiger partial charge in [-0.2, -0.15) is 15.0 Å². The van der Waals surface area contributed by atoms with Crippen molar-refractivity contribution in [3.63, 3.8) is 0 Å². The third kappa shape index (κ3) is 2.95. The molecule has 3 rings (SSSR count). The molecular weight excluding hydrogens is 304 g/mol. The number of hydrogen-bond donors (Lipinski definition) is 0. The highest BCUT2D eigenvalue weighted by Gasteiger charge is 2.12. The highest BCUT2D eigenvalue weighted by atomic mass is 35.5. The quantitative estimate of drug-likeness (QED) is 0.744. The lowest BCUT2D eigenvalue weighted by atomic mass is 10.3. The normalized spacial score (nSPS) is 10.6. The number of benzene rings is 1. The van der Waals surface area contributed by atoms with Gasteiger partial charge in [-0.1, -0.05) is 0 Å². The van der Waals surface area contributed by atoms with Crippen LogP contribution in [0.4, 0.5) is 8.78 Å². The molecule has 21 heavy (non-hydrogen) atoms. The molecule has 0 fully saturated rings. The summed E-state index contributed by atoms with van der Waals surface area (Å²) >= 11 is 5.76. The van der Waals surface area contributed by atoms with Crippen LogP contribution in [0.15, 0.2) is 36.9 Å². The lowest BCUT2D eigenvalue weighted by molar-refractivity contribution is 0.404. The lowest BCUT2D eigenvalue weighted by Crippen LogP contribution is -2.03. The minimum atomic E-state index is -0.753. The summed E-state index contributed by atoms with van der Waals surface area (Å²) in [5, 5.41) is -0.152. The summed E-state index contributed by atoms with van der Waals surface area (Å²) in [6, 6.07) is 2.52. The molecular formula is C12H6ClF2N5O. The number of nitrogens with zero attached hydrogens (tertiary/aromatic N) is 5. The first kappa shape index (κ1) is 13.4. The maximum Gasteiger partial charge on any atom is 0.328 e. The summed E-state index contributed by atoms with van der Waals surface area (Å²) in [5.41, 5.74) is 0. The highest BCUT2D eigenvalue weighted by Crippen LogP contribution is 2.23. The summed E-state index contributed by atoms with van der Waals surface area (Å²) < 4.78 is 33.2. The van der Waals surface area contributed by atoms with Gasteiger partial charge in [0.05, 0.1) is 0 Å². The maximum absolute atomic E-state index is 13.5. The first-order valence-electron chi connectivity index (χ1n) is 5.64. The van der Waals surface area contributed by atoms with Gasteiger partial charge in [0.15, 0.2) is 11.6 Å². The Balaban J connectivity index is 1.97. The number of halogens is 3. The fourth-order valence-electron chi connectivity index (χ4n) is 1.51. The van der Waals surface area contributed by atoms with Crippen LogP contribution in [0.3, 0.4) is 0 Å². The van der Waals surface area contributed by atoms with Crippen molar-refractivity contribution in [3.05, 3.63) is 53.8 Å². The average molecular weight is 310 g/mol. The molecule has 0 N–H and O–H groups in total. The van der Waals surface area contributed by atoms with Crippen molar-refractivity contribution in [3.8, 4) is 17.7 Å². The Kier molecular flexibility index (Phi) is 3.44. The van der Waals surface area contributed by atoms with Crippen LogP contribution in [0.25, 0.3) is 5.95 Å². The van der Waals surface area contributed by atoms with E-state index in [-0.39, 0.29) is 23.0 Å². The lowest BCUT2D eigenvalue weighted by Gasteiger charge is -2.07. The number of ether oxygens (including phenoxy) is 1. The van der Waals surface area contributed by atoms with Gasteiger partial charge in [0.25, 0.3) is 0 Å². The summed E-state index contributed by atoms with van der Waals surface area (Å²) in [6.07, 6.45) is 4.54. The SMILES string of the molecule is Fc1ccc(F)c(Oc2nc(Cl)nc(-n3ccnc3)n2)c1. The van der Waals surface area contributed by atoms with E-state index >= 15 is 0 Å². The standard InChI is InChI=1S/C12H6ClF2N5O/c13-10-17-11(20-4-3-16-6-20)19-12(18-10)21-9-5-7(14)1-2-8(9)15/h1-6H. The minimum absolute atomic E-state index is 0.138. The Bertz CT molecular complexity index is 781. The number of rotatable bonds is 3. The molecule has 6 nitrogen and oxygen atoms in total. The average Bonchev–Trinajstić information content (AvgIpc) is 2.96. The van der Waals surface area contributed by atoms with E-state index < -0.39 is 11.6 Å². The van der Waals surface area contributed by atoms with Crippen LogP contribution in [-0.2, 0) is 0 Å². The maximum atomic E-state index is 13.5. The number of hydrogen-bond acceptors (Lipinski definition) is 5. The van der Waals surface area contributed by atoms with Crippen molar-refractivity contribution in [1.82, 2.24) is 24.5 Å². The summed E-state index contributed by atoms with van der Waals surface area (Å²) in [4.78, 5) is 15.4. The summed E-state index contributed by atoms with van der Waals surface area (Å²) in [7, 11) is 0. The zero-order chi connectivity index (χ0) is 14.8. The Labute approximate surface area is 122 Å². The van der Waals surface area contributed by atoms with E-state index in [1.165, 1.54) is 17.1 Å². The molecule has 2 aromatic heterocycles. The Morgan fingerprint density at radius 2 is 2.00 bits per heavy atom. The molecule has 0 aliphatic carbocycles. The zero-order valence-corrected chi connectivity index (χ0v) is 11.0. The van der Waals surface area contributed by atoms with E-state index in [0.717, 1.165) is 18.2 Å². The molecule has 0 saturated carbocycles. The van der Waals surface area contributed by atoms with Gasteiger partial charge in [-0.15, -0.1) is 0 Å². The topological polar surface area (TPSA) is 65.7 Å². The van der Waals surface area contributed by atoms with Gasteiger partial charge in [0.2, 0.25) is 11.2 Å². The van der Waals surface area contributed by atoms with Crippen LogP contribution in [-0.4, -0.2) is 24.5 Å². The van der Waals surface area contributed by atoms with E-state index in [1.54, 1.807) is 6.20 Å². The van der Waals surface area contributed by atoms with Crippen LogP contribution in [0.1, 0.15) is 0 Å². The van der Waals surface area contributed by atoms with Gasteiger partial charge in [-0.3, -0.25) is 4.57 Å². The van der Waals surface area contributed by atoms with Crippen molar-refractivity contribution < 1.29 is 13.5 Å². The molecule has 0 aliphatic heterocycles. The monoisotopic (exact) mass is 309 g/mol. The van der Waals surface area contributed by atoms with Gasteiger partial charge in [0, 0.05) is 18.5 Å². The molecule has 0 saturated heterocycles. The van der Waals surface area contributed by atoms with Gasteiger partial charge in [0.1, 0.15) is 12.1 Å². The molecule has 0 bridgehead atoms. The zero-order valence-electron chi connectivity index (χ0n) is 10.2. The van der Waals surface area contributed by atoms with Gasteiger partial charge >= 0.3 is 6.01 Å². The predicted molar refractivity (Wildman–Crippen MR) is 68.4 cm³/mol. The van der Waals surface area contributed by atoms with E-state index in [4.69, 9.17) is 16.3 Å². The molecule has 3 aromatic rings. The second-order valence-electron chi connectivity index (χ2n) is 3.83. The van der Waals surface area contributed by atoms with Crippen molar-refractivity contribution in [2.75, 3.05) is 0 Å². The molecule has 2 heterocycles. The Morgan fingerprint density at radius 3 is 2.76 bits per heavy atom.